The summed E-state index contributed by atoms with van der Waals surface area (Å²) >= 11 is 7.71. The second kappa shape index (κ2) is 7.26. The number of halogens is 1. The quantitative estimate of drug-likeness (QED) is 0.861. The second-order valence-electron chi connectivity index (χ2n) is 4.16. The molecule has 2 N–H and O–H groups in total. The Morgan fingerprint density at radius 2 is 2.35 bits per heavy atom. The second-order valence-corrected chi connectivity index (χ2v) is 5.60. The van der Waals surface area contributed by atoms with E-state index in [0.717, 1.165) is 13.0 Å². The molecule has 2 aromatic heterocycles. The largest absolute Gasteiger partial charge is 0.370 e. The van der Waals surface area contributed by atoms with E-state index in [1.165, 1.54) is 11.1 Å². The van der Waals surface area contributed by atoms with Crippen LogP contribution in [0.2, 0.25) is 5.02 Å². The molecule has 0 bridgehead atoms. The fraction of sp³-hybridized carbons (Fsp3) is 0.286. The highest BCUT2D eigenvalue weighted by atomic mass is 35.5. The van der Waals surface area contributed by atoms with Crippen molar-refractivity contribution in [3.05, 3.63) is 45.2 Å². The highest BCUT2D eigenvalue weighted by Gasteiger charge is 2.11. The molecular weight excluding hydrogens is 294 g/mol. The summed E-state index contributed by atoms with van der Waals surface area (Å²) in [5.74, 6) is 0.480. The zero-order valence-electron chi connectivity index (χ0n) is 11.1. The molecule has 2 heterocycles. The minimum absolute atomic E-state index is 0.173. The molecule has 0 spiro atoms. The molecule has 0 aliphatic rings. The van der Waals surface area contributed by atoms with Crippen molar-refractivity contribution in [3.8, 4) is 0 Å². The van der Waals surface area contributed by atoms with Gasteiger partial charge in [-0.15, -0.1) is 11.3 Å². The predicted molar refractivity (Wildman–Crippen MR) is 83.8 cm³/mol. The number of nitrogens with zero attached hydrogens (tertiary/aromatic N) is 1. The standard InChI is InChI=1S/C14H16ClN3OS/c1-2-16-13-8-11(12(15)9-18-13)14(19)17-6-5-10-4-3-7-20-10/h3-4,7-9H,2,5-6H2,1H3,(H,16,18)(H,17,19). The number of carbonyl (C=O) groups excluding carboxylic acids is 1. The average molecular weight is 310 g/mol. The van der Waals surface area contributed by atoms with Crippen molar-refractivity contribution in [2.45, 2.75) is 13.3 Å². The van der Waals surface area contributed by atoms with Crippen molar-refractivity contribution in [1.82, 2.24) is 10.3 Å². The molecule has 0 radical (unpaired) electrons. The van der Waals surface area contributed by atoms with Crippen LogP contribution in [0.3, 0.4) is 0 Å². The van der Waals surface area contributed by atoms with Crippen LogP contribution in [0, 0.1) is 0 Å². The molecule has 2 aromatic rings. The first-order valence-electron chi connectivity index (χ1n) is 6.40. The van der Waals surface area contributed by atoms with E-state index in [1.807, 2.05) is 18.4 Å². The van der Waals surface area contributed by atoms with Gasteiger partial charge in [0.15, 0.2) is 0 Å². The van der Waals surface area contributed by atoms with Gasteiger partial charge in [-0.3, -0.25) is 4.79 Å². The van der Waals surface area contributed by atoms with E-state index in [-0.39, 0.29) is 5.91 Å². The summed E-state index contributed by atoms with van der Waals surface area (Å²) in [7, 11) is 0. The number of pyridine rings is 1. The summed E-state index contributed by atoms with van der Waals surface area (Å²) in [6, 6.07) is 5.73. The van der Waals surface area contributed by atoms with Crippen molar-refractivity contribution < 1.29 is 4.79 Å². The number of aromatic nitrogens is 1. The van der Waals surface area contributed by atoms with Crippen molar-refractivity contribution in [2.24, 2.45) is 0 Å². The van der Waals surface area contributed by atoms with Gasteiger partial charge < -0.3 is 10.6 Å². The zero-order chi connectivity index (χ0) is 14.4. The van der Waals surface area contributed by atoms with Crippen LogP contribution >= 0.6 is 22.9 Å². The van der Waals surface area contributed by atoms with E-state index in [4.69, 9.17) is 11.6 Å². The Labute approximate surface area is 127 Å². The van der Waals surface area contributed by atoms with Crippen molar-refractivity contribution in [1.29, 1.82) is 0 Å². The molecule has 0 atom stereocenters. The Morgan fingerprint density at radius 1 is 1.50 bits per heavy atom. The van der Waals surface area contributed by atoms with Gasteiger partial charge >= 0.3 is 0 Å². The van der Waals surface area contributed by atoms with Crippen LogP contribution in [0.15, 0.2) is 29.8 Å². The van der Waals surface area contributed by atoms with Gasteiger partial charge in [-0.25, -0.2) is 4.98 Å². The highest BCUT2D eigenvalue weighted by molar-refractivity contribution is 7.09. The van der Waals surface area contributed by atoms with E-state index in [9.17, 15) is 4.79 Å². The number of anilines is 1. The van der Waals surface area contributed by atoms with Gasteiger partial charge in [0.05, 0.1) is 10.6 Å². The topological polar surface area (TPSA) is 54.0 Å². The molecule has 0 saturated heterocycles. The molecule has 0 unspecified atom stereocenters. The number of amides is 1. The van der Waals surface area contributed by atoms with Crippen LogP contribution in [0.25, 0.3) is 0 Å². The third kappa shape index (κ3) is 3.95. The summed E-state index contributed by atoms with van der Waals surface area (Å²) in [5.41, 5.74) is 0.448. The fourth-order valence-electron chi connectivity index (χ4n) is 1.74. The first-order chi connectivity index (χ1) is 9.70. The molecule has 4 nitrogen and oxygen atoms in total. The van der Waals surface area contributed by atoms with Crippen LogP contribution in [0.4, 0.5) is 5.82 Å². The molecule has 0 aliphatic heterocycles. The zero-order valence-corrected chi connectivity index (χ0v) is 12.7. The number of hydrogen-bond acceptors (Lipinski definition) is 4. The van der Waals surface area contributed by atoms with Crippen molar-refractivity contribution in [2.75, 3.05) is 18.4 Å². The molecule has 1 amide bonds. The summed E-state index contributed by atoms with van der Waals surface area (Å²) < 4.78 is 0. The predicted octanol–water partition coefficient (Wildman–Crippen LogP) is 3.20. The summed E-state index contributed by atoms with van der Waals surface area (Å²) in [5, 5.41) is 8.32. The maximum Gasteiger partial charge on any atom is 0.253 e. The summed E-state index contributed by atoms with van der Waals surface area (Å²) in [6.07, 6.45) is 2.32. The van der Waals surface area contributed by atoms with Crippen LogP contribution in [0.5, 0.6) is 0 Å². The minimum atomic E-state index is -0.173. The molecule has 20 heavy (non-hydrogen) atoms. The SMILES string of the molecule is CCNc1cc(C(=O)NCCc2cccs2)c(Cl)cn1. The van der Waals surface area contributed by atoms with E-state index >= 15 is 0 Å². The molecule has 6 heteroatoms. The van der Waals surface area contributed by atoms with Gasteiger partial charge in [0.1, 0.15) is 5.82 Å². The third-order valence-electron chi connectivity index (χ3n) is 2.69. The van der Waals surface area contributed by atoms with Crippen LogP contribution in [-0.4, -0.2) is 24.0 Å². The molecule has 2 rings (SSSR count). The van der Waals surface area contributed by atoms with Gasteiger partial charge in [0, 0.05) is 24.2 Å². The molecule has 0 aromatic carbocycles. The third-order valence-corrected chi connectivity index (χ3v) is 3.93. The smallest absolute Gasteiger partial charge is 0.253 e. The maximum absolute atomic E-state index is 12.1. The van der Waals surface area contributed by atoms with Gasteiger partial charge in [-0.1, -0.05) is 17.7 Å². The Morgan fingerprint density at radius 3 is 3.05 bits per heavy atom. The fourth-order valence-corrected chi connectivity index (χ4v) is 2.64. The summed E-state index contributed by atoms with van der Waals surface area (Å²) in [6.45, 7) is 3.31. The van der Waals surface area contributed by atoms with Gasteiger partial charge in [0.25, 0.3) is 5.91 Å². The summed E-state index contributed by atoms with van der Waals surface area (Å²) in [4.78, 5) is 17.5. The number of carbonyl (C=O) groups is 1. The monoisotopic (exact) mass is 309 g/mol. The molecule has 106 valence electrons. The number of nitrogens with one attached hydrogen (secondary N) is 2. The van der Waals surface area contributed by atoms with E-state index in [2.05, 4.69) is 21.7 Å². The Hall–Kier alpha value is -1.59. The Balaban J connectivity index is 1.95. The normalized spacial score (nSPS) is 10.3. The first-order valence-corrected chi connectivity index (χ1v) is 7.66. The molecule has 0 aliphatic carbocycles. The molecule has 0 fully saturated rings. The lowest BCUT2D eigenvalue weighted by atomic mass is 10.2. The van der Waals surface area contributed by atoms with E-state index < -0.39 is 0 Å². The molecular formula is C14H16ClN3OS. The maximum atomic E-state index is 12.1. The van der Waals surface area contributed by atoms with Crippen LogP contribution < -0.4 is 10.6 Å². The van der Waals surface area contributed by atoms with Gasteiger partial charge in [-0.05, 0) is 30.9 Å². The average Bonchev–Trinajstić information content (AvgIpc) is 2.94. The van der Waals surface area contributed by atoms with Crippen molar-refractivity contribution in [3.63, 3.8) is 0 Å². The number of hydrogen-bond donors (Lipinski definition) is 2. The Kier molecular flexibility index (Phi) is 5.38. The van der Waals surface area contributed by atoms with Crippen molar-refractivity contribution >= 4 is 34.7 Å². The minimum Gasteiger partial charge on any atom is -0.370 e. The van der Waals surface area contributed by atoms with Crippen LogP contribution in [0.1, 0.15) is 22.2 Å². The lowest BCUT2D eigenvalue weighted by Crippen LogP contribution is -2.26. The van der Waals surface area contributed by atoms with Gasteiger partial charge in [-0.2, -0.15) is 0 Å². The first kappa shape index (κ1) is 14.8. The van der Waals surface area contributed by atoms with E-state index in [1.54, 1.807) is 17.4 Å². The molecule has 0 saturated carbocycles. The van der Waals surface area contributed by atoms with Gasteiger partial charge in [0.2, 0.25) is 0 Å². The lowest BCUT2D eigenvalue weighted by molar-refractivity contribution is 0.0954. The number of thiophene rings is 1. The highest BCUT2D eigenvalue weighted by Crippen LogP contribution is 2.18. The Bertz CT molecular complexity index is 572. The lowest BCUT2D eigenvalue weighted by Gasteiger charge is -2.08. The van der Waals surface area contributed by atoms with E-state index in [0.29, 0.717) is 22.9 Å². The van der Waals surface area contributed by atoms with Crippen LogP contribution in [-0.2, 0) is 6.42 Å². The number of rotatable bonds is 6.